The van der Waals surface area contributed by atoms with Crippen LogP contribution in [0.3, 0.4) is 0 Å². The molecule has 0 amide bonds. The third-order valence-corrected chi connectivity index (χ3v) is 3.05. The number of unbranched alkanes of at least 4 members (excludes halogenated alkanes) is 2. The maximum atomic E-state index is 5.35. The molecule has 0 bridgehead atoms. The van der Waals surface area contributed by atoms with Gasteiger partial charge in [0.1, 0.15) is 0 Å². The van der Waals surface area contributed by atoms with Crippen LogP contribution in [0.25, 0.3) is 0 Å². The molecule has 0 radical (unpaired) electrons. The van der Waals surface area contributed by atoms with Gasteiger partial charge in [0.15, 0.2) is 5.11 Å². The summed E-state index contributed by atoms with van der Waals surface area (Å²) in [6.45, 7) is 6.48. The van der Waals surface area contributed by atoms with Crippen LogP contribution in [0.15, 0.2) is 30.3 Å². The van der Waals surface area contributed by atoms with E-state index in [9.17, 15) is 0 Å². The van der Waals surface area contributed by atoms with E-state index in [1.54, 1.807) is 0 Å². The fourth-order valence-electron chi connectivity index (χ4n) is 1.75. The van der Waals surface area contributed by atoms with E-state index in [4.69, 9.17) is 12.2 Å². The normalized spacial score (nSPS) is 10.5. The van der Waals surface area contributed by atoms with Crippen LogP contribution in [0.2, 0.25) is 0 Å². The zero-order chi connectivity index (χ0) is 13.9. The quantitative estimate of drug-likeness (QED) is 0.559. The number of hydrazine groups is 1. The summed E-state index contributed by atoms with van der Waals surface area (Å²) in [6, 6.07) is 10.0. The number of benzene rings is 1. The number of hydrogen-bond acceptors (Lipinski definition) is 2. The Morgan fingerprint density at radius 1 is 1.05 bits per heavy atom. The van der Waals surface area contributed by atoms with Gasteiger partial charge in [0.05, 0.1) is 0 Å². The first-order valence-corrected chi connectivity index (χ1v) is 7.54. The lowest BCUT2D eigenvalue weighted by atomic mass is 10.3. The van der Waals surface area contributed by atoms with Gasteiger partial charge in [0.2, 0.25) is 0 Å². The average Bonchev–Trinajstić information content (AvgIpc) is 2.43. The van der Waals surface area contributed by atoms with Gasteiger partial charge in [-0.1, -0.05) is 44.9 Å². The van der Waals surface area contributed by atoms with Gasteiger partial charge < -0.3 is 5.32 Å². The van der Waals surface area contributed by atoms with Gasteiger partial charge in [-0.15, -0.1) is 0 Å². The van der Waals surface area contributed by atoms with Crippen molar-refractivity contribution in [2.75, 3.05) is 18.4 Å². The van der Waals surface area contributed by atoms with Crippen LogP contribution in [0.4, 0.5) is 5.69 Å². The van der Waals surface area contributed by atoms with Crippen LogP contribution in [0.5, 0.6) is 0 Å². The van der Waals surface area contributed by atoms with Crippen LogP contribution in [-0.4, -0.2) is 23.2 Å². The van der Waals surface area contributed by atoms with Crippen molar-refractivity contribution in [2.45, 2.75) is 39.5 Å². The number of hydrogen-bond donors (Lipinski definition) is 2. The lowest BCUT2D eigenvalue weighted by Gasteiger charge is -2.24. The Morgan fingerprint density at radius 2 is 1.63 bits per heavy atom. The van der Waals surface area contributed by atoms with Crippen molar-refractivity contribution >= 4 is 23.0 Å². The maximum absolute atomic E-state index is 5.35. The topological polar surface area (TPSA) is 27.3 Å². The molecule has 1 aromatic carbocycles. The molecule has 1 rings (SSSR count). The molecule has 0 aliphatic heterocycles. The Kier molecular flexibility index (Phi) is 8.18. The van der Waals surface area contributed by atoms with Gasteiger partial charge in [-0.3, -0.25) is 5.43 Å². The molecule has 4 heteroatoms. The zero-order valence-electron chi connectivity index (χ0n) is 12.0. The highest BCUT2D eigenvalue weighted by Gasteiger charge is 2.05. The van der Waals surface area contributed by atoms with Crippen molar-refractivity contribution in [2.24, 2.45) is 0 Å². The average molecular weight is 279 g/mol. The van der Waals surface area contributed by atoms with Crippen LogP contribution in [0.1, 0.15) is 39.5 Å². The predicted molar refractivity (Wildman–Crippen MR) is 87.2 cm³/mol. The number of thiocarbonyl (C=S) groups is 1. The maximum Gasteiger partial charge on any atom is 0.185 e. The van der Waals surface area contributed by atoms with E-state index < -0.39 is 0 Å². The van der Waals surface area contributed by atoms with Gasteiger partial charge in [-0.05, 0) is 37.2 Å². The molecule has 0 aliphatic carbocycles. The summed E-state index contributed by atoms with van der Waals surface area (Å²) < 4.78 is 0. The van der Waals surface area contributed by atoms with Crippen molar-refractivity contribution in [3.8, 4) is 0 Å². The minimum Gasteiger partial charge on any atom is -0.332 e. The molecule has 0 aromatic heterocycles. The molecule has 0 aliphatic rings. The number of nitrogens with zero attached hydrogens (tertiary/aromatic N) is 1. The molecule has 0 fully saturated rings. The van der Waals surface area contributed by atoms with Gasteiger partial charge in [0, 0.05) is 18.8 Å². The molecule has 1 aromatic rings. The SMILES string of the molecule is CCCCN(CCCC)NC(=S)Nc1ccccc1. The minimum atomic E-state index is 0.665. The lowest BCUT2D eigenvalue weighted by molar-refractivity contribution is 0.229. The Labute approximate surface area is 122 Å². The molecule has 19 heavy (non-hydrogen) atoms. The monoisotopic (exact) mass is 279 g/mol. The second-order valence-electron chi connectivity index (χ2n) is 4.63. The Balaban J connectivity index is 2.41. The number of anilines is 1. The number of para-hydroxylation sites is 1. The first-order valence-electron chi connectivity index (χ1n) is 7.14. The number of nitrogens with one attached hydrogen (secondary N) is 2. The molecular weight excluding hydrogens is 254 g/mol. The van der Waals surface area contributed by atoms with E-state index in [1.165, 1.54) is 25.7 Å². The molecule has 0 saturated heterocycles. The first-order chi connectivity index (χ1) is 9.26. The summed E-state index contributed by atoms with van der Waals surface area (Å²) in [5.74, 6) is 0. The summed E-state index contributed by atoms with van der Waals surface area (Å²) in [7, 11) is 0. The summed E-state index contributed by atoms with van der Waals surface area (Å²) in [5.41, 5.74) is 4.31. The predicted octanol–water partition coefficient (Wildman–Crippen LogP) is 3.79. The molecule has 0 atom stereocenters. The van der Waals surface area contributed by atoms with Gasteiger partial charge in [-0.25, -0.2) is 5.01 Å². The summed E-state index contributed by atoms with van der Waals surface area (Å²) in [5, 5.41) is 6.08. The largest absolute Gasteiger partial charge is 0.332 e. The van der Waals surface area contributed by atoms with Crippen molar-refractivity contribution in [1.29, 1.82) is 0 Å². The van der Waals surface area contributed by atoms with Crippen molar-refractivity contribution < 1.29 is 0 Å². The van der Waals surface area contributed by atoms with E-state index in [-0.39, 0.29) is 0 Å². The van der Waals surface area contributed by atoms with Crippen LogP contribution < -0.4 is 10.7 Å². The second kappa shape index (κ2) is 9.75. The third-order valence-electron chi connectivity index (χ3n) is 2.85. The third kappa shape index (κ3) is 7.13. The number of rotatable bonds is 8. The summed E-state index contributed by atoms with van der Waals surface area (Å²) in [4.78, 5) is 0. The fourth-order valence-corrected chi connectivity index (χ4v) is 1.99. The van der Waals surface area contributed by atoms with E-state index in [0.29, 0.717) is 5.11 Å². The second-order valence-corrected chi connectivity index (χ2v) is 5.03. The van der Waals surface area contributed by atoms with Gasteiger partial charge in [0.25, 0.3) is 0 Å². The van der Waals surface area contributed by atoms with Crippen LogP contribution in [-0.2, 0) is 0 Å². The van der Waals surface area contributed by atoms with Crippen LogP contribution >= 0.6 is 12.2 Å². The van der Waals surface area contributed by atoms with Gasteiger partial charge in [-0.2, -0.15) is 0 Å². The molecular formula is C15H25N3S. The van der Waals surface area contributed by atoms with Crippen molar-refractivity contribution in [3.05, 3.63) is 30.3 Å². The molecule has 2 N–H and O–H groups in total. The van der Waals surface area contributed by atoms with Gasteiger partial charge >= 0.3 is 0 Å². The zero-order valence-corrected chi connectivity index (χ0v) is 12.8. The molecule has 0 unspecified atom stereocenters. The summed E-state index contributed by atoms with van der Waals surface area (Å²) in [6.07, 6.45) is 4.77. The highest BCUT2D eigenvalue weighted by Crippen LogP contribution is 2.05. The standard InChI is InChI=1S/C15H25N3S/c1-3-5-12-18(13-6-4-2)17-15(19)16-14-10-8-7-9-11-14/h7-11H,3-6,12-13H2,1-2H3,(H2,16,17,19). The van der Waals surface area contributed by atoms with Crippen molar-refractivity contribution in [1.82, 2.24) is 10.4 Å². The summed E-state index contributed by atoms with van der Waals surface area (Å²) >= 11 is 5.35. The fraction of sp³-hybridized carbons (Fsp3) is 0.533. The van der Waals surface area contributed by atoms with Crippen molar-refractivity contribution in [3.63, 3.8) is 0 Å². The highest BCUT2D eigenvalue weighted by atomic mass is 32.1. The molecule has 0 saturated carbocycles. The van der Waals surface area contributed by atoms with Crippen LogP contribution in [0, 0.1) is 0 Å². The molecule has 106 valence electrons. The minimum absolute atomic E-state index is 0.665. The molecule has 0 spiro atoms. The van der Waals surface area contributed by atoms with E-state index in [1.807, 2.05) is 30.3 Å². The highest BCUT2D eigenvalue weighted by molar-refractivity contribution is 7.80. The van der Waals surface area contributed by atoms with E-state index >= 15 is 0 Å². The Bertz CT molecular complexity index is 346. The smallest absolute Gasteiger partial charge is 0.185 e. The molecule has 0 heterocycles. The van der Waals surface area contributed by atoms with E-state index in [0.717, 1.165) is 18.8 Å². The Morgan fingerprint density at radius 3 is 2.16 bits per heavy atom. The first kappa shape index (κ1) is 15.9. The lowest BCUT2D eigenvalue weighted by Crippen LogP contribution is -2.45. The van der Waals surface area contributed by atoms with E-state index in [2.05, 4.69) is 29.6 Å². The molecule has 3 nitrogen and oxygen atoms in total. The Hall–Kier alpha value is -1.13.